The van der Waals surface area contributed by atoms with Crippen LogP contribution in [0.1, 0.15) is 19.3 Å². The second kappa shape index (κ2) is 8.13. The minimum atomic E-state index is -0.190. The summed E-state index contributed by atoms with van der Waals surface area (Å²) in [7, 11) is 0. The van der Waals surface area contributed by atoms with Crippen molar-refractivity contribution in [2.24, 2.45) is 0 Å². The lowest BCUT2D eigenvalue weighted by Crippen LogP contribution is -2.34. The van der Waals surface area contributed by atoms with Crippen molar-refractivity contribution in [2.45, 2.75) is 19.3 Å². The summed E-state index contributed by atoms with van der Waals surface area (Å²) in [6, 6.07) is 13.4. The quantitative estimate of drug-likeness (QED) is 0.439. The van der Waals surface area contributed by atoms with Crippen LogP contribution in [0.5, 0.6) is 0 Å². The van der Waals surface area contributed by atoms with Gasteiger partial charge in [-0.15, -0.1) is 0 Å². The second-order valence-electron chi connectivity index (χ2n) is 7.83. The molecule has 154 valence electrons. The van der Waals surface area contributed by atoms with Crippen molar-refractivity contribution < 1.29 is 0 Å². The number of halogens is 1. The summed E-state index contributed by atoms with van der Waals surface area (Å²) in [5, 5.41) is 5.06. The summed E-state index contributed by atoms with van der Waals surface area (Å²) in [5.74, 6) is 0.565. The van der Waals surface area contributed by atoms with Gasteiger partial charge in [0.25, 0.3) is 5.56 Å². The average Bonchev–Trinajstić information content (AvgIpc) is 3.17. The zero-order chi connectivity index (χ0) is 20.5. The standard InChI is InChI=1S/C23H24ClN5O/c24-15-8-9-16-19(14-15)28-23(30)20(22-26-17-6-2-3-7-18(17)27-22)21(16)25-10-13-29-11-4-1-5-12-29/h2-3,6-9,14H,1,4-5,10-13H2,(H,26,27)(H2,25,28,30). The zero-order valence-corrected chi connectivity index (χ0v) is 17.4. The molecule has 30 heavy (non-hydrogen) atoms. The van der Waals surface area contributed by atoms with Gasteiger partial charge in [0.05, 0.1) is 22.2 Å². The highest BCUT2D eigenvalue weighted by atomic mass is 35.5. The van der Waals surface area contributed by atoms with Gasteiger partial charge in [-0.2, -0.15) is 0 Å². The number of hydrogen-bond acceptors (Lipinski definition) is 4. The number of piperidine rings is 1. The van der Waals surface area contributed by atoms with Crippen molar-refractivity contribution in [3.8, 4) is 11.4 Å². The molecule has 0 aliphatic carbocycles. The first kappa shape index (κ1) is 19.2. The number of H-pyrrole nitrogens is 2. The number of pyridine rings is 1. The molecule has 0 amide bonds. The monoisotopic (exact) mass is 421 g/mol. The van der Waals surface area contributed by atoms with Gasteiger partial charge in [-0.05, 0) is 56.3 Å². The van der Waals surface area contributed by atoms with Gasteiger partial charge in [0.1, 0.15) is 11.4 Å². The van der Waals surface area contributed by atoms with Crippen molar-refractivity contribution >= 4 is 39.2 Å². The van der Waals surface area contributed by atoms with E-state index in [1.165, 1.54) is 19.3 Å². The molecule has 1 saturated heterocycles. The molecular weight excluding hydrogens is 398 g/mol. The molecule has 4 aromatic rings. The van der Waals surface area contributed by atoms with Crippen LogP contribution in [-0.4, -0.2) is 46.0 Å². The van der Waals surface area contributed by atoms with E-state index < -0.39 is 0 Å². The molecule has 5 rings (SSSR count). The lowest BCUT2D eigenvalue weighted by atomic mass is 10.1. The third-order valence-corrected chi connectivity index (χ3v) is 6.02. The number of likely N-dealkylation sites (tertiary alicyclic amines) is 1. The average molecular weight is 422 g/mol. The van der Waals surface area contributed by atoms with E-state index in [4.69, 9.17) is 11.6 Å². The molecular formula is C23H24ClN5O. The topological polar surface area (TPSA) is 76.8 Å². The lowest BCUT2D eigenvalue weighted by Gasteiger charge is -2.26. The predicted octanol–water partition coefficient (Wildman–Crippen LogP) is 4.62. The molecule has 2 aromatic carbocycles. The minimum Gasteiger partial charge on any atom is -0.382 e. The fourth-order valence-electron chi connectivity index (χ4n) is 4.27. The molecule has 0 spiro atoms. The fourth-order valence-corrected chi connectivity index (χ4v) is 4.45. The number of aromatic nitrogens is 3. The van der Waals surface area contributed by atoms with Crippen molar-refractivity contribution in [1.82, 2.24) is 19.9 Å². The van der Waals surface area contributed by atoms with E-state index in [9.17, 15) is 4.79 Å². The van der Waals surface area contributed by atoms with Gasteiger partial charge in [-0.1, -0.05) is 30.2 Å². The number of anilines is 1. The fraction of sp³-hybridized carbons (Fsp3) is 0.304. The molecule has 6 nitrogen and oxygen atoms in total. The number of para-hydroxylation sites is 2. The molecule has 1 aliphatic heterocycles. The van der Waals surface area contributed by atoms with Crippen molar-refractivity contribution in [2.75, 3.05) is 31.5 Å². The van der Waals surface area contributed by atoms with Gasteiger partial charge in [0.15, 0.2) is 0 Å². The van der Waals surface area contributed by atoms with E-state index in [1.54, 1.807) is 6.07 Å². The molecule has 2 aromatic heterocycles. The van der Waals surface area contributed by atoms with E-state index in [2.05, 4.69) is 25.2 Å². The third kappa shape index (κ3) is 3.68. The zero-order valence-electron chi connectivity index (χ0n) is 16.7. The van der Waals surface area contributed by atoms with Crippen molar-refractivity contribution in [1.29, 1.82) is 0 Å². The molecule has 1 fully saturated rings. The third-order valence-electron chi connectivity index (χ3n) is 5.78. The van der Waals surface area contributed by atoms with Crippen LogP contribution in [0.2, 0.25) is 5.02 Å². The Bertz CT molecular complexity index is 1220. The normalized spacial score (nSPS) is 15.1. The summed E-state index contributed by atoms with van der Waals surface area (Å²) >= 11 is 6.17. The molecule has 3 N–H and O–H groups in total. The van der Waals surface area contributed by atoms with Gasteiger partial charge in [0.2, 0.25) is 0 Å². The highest BCUT2D eigenvalue weighted by Gasteiger charge is 2.18. The number of nitrogens with one attached hydrogen (secondary N) is 3. The number of imidazole rings is 1. The Morgan fingerprint density at radius 1 is 1.03 bits per heavy atom. The van der Waals surface area contributed by atoms with E-state index in [0.717, 1.165) is 48.3 Å². The number of fused-ring (bicyclic) bond motifs is 2. The summed E-state index contributed by atoms with van der Waals surface area (Å²) in [4.78, 5) is 26.5. The molecule has 0 saturated carbocycles. The van der Waals surface area contributed by atoms with E-state index in [-0.39, 0.29) is 5.56 Å². The summed E-state index contributed by atoms with van der Waals surface area (Å²) in [5.41, 5.74) is 3.59. The highest BCUT2D eigenvalue weighted by molar-refractivity contribution is 6.31. The van der Waals surface area contributed by atoms with Crippen molar-refractivity contribution in [3.63, 3.8) is 0 Å². The molecule has 0 atom stereocenters. The van der Waals surface area contributed by atoms with Crippen LogP contribution < -0.4 is 10.9 Å². The number of rotatable bonds is 5. The summed E-state index contributed by atoms with van der Waals surface area (Å²) in [6.45, 7) is 3.99. The Morgan fingerprint density at radius 3 is 2.70 bits per heavy atom. The number of hydrogen-bond donors (Lipinski definition) is 3. The van der Waals surface area contributed by atoms with Gasteiger partial charge in [-0.25, -0.2) is 4.98 Å². The maximum absolute atomic E-state index is 13.1. The maximum atomic E-state index is 13.1. The predicted molar refractivity (Wildman–Crippen MR) is 123 cm³/mol. The van der Waals surface area contributed by atoms with Crippen LogP contribution in [0.15, 0.2) is 47.3 Å². The Hall–Kier alpha value is -2.83. The molecule has 0 bridgehead atoms. The summed E-state index contributed by atoms with van der Waals surface area (Å²) < 4.78 is 0. The van der Waals surface area contributed by atoms with Crippen LogP contribution in [0.3, 0.4) is 0 Å². The molecule has 7 heteroatoms. The van der Waals surface area contributed by atoms with Gasteiger partial charge in [-0.3, -0.25) is 4.79 Å². The highest BCUT2D eigenvalue weighted by Crippen LogP contribution is 2.31. The molecule has 0 unspecified atom stereocenters. The molecule has 0 radical (unpaired) electrons. The van der Waals surface area contributed by atoms with Crippen molar-refractivity contribution in [3.05, 3.63) is 57.8 Å². The van der Waals surface area contributed by atoms with Crippen LogP contribution in [-0.2, 0) is 0 Å². The number of aromatic amines is 2. The van der Waals surface area contributed by atoms with Crippen LogP contribution in [0.4, 0.5) is 5.69 Å². The Labute approximate surface area is 179 Å². The van der Waals surface area contributed by atoms with Crippen LogP contribution >= 0.6 is 11.6 Å². The number of benzene rings is 2. The van der Waals surface area contributed by atoms with Gasteiger partial charge >= 0.3 is 0 Å². The Balaban J connectivity index is 1.57. The molecule has 1 aliphatic rings. The molecule has 3 heterocycles. The maximum Gasteiger partial charge on any atom is 0.261 e. The first-order valence-corrected chi connectivity index (χ1v) is 10.8. The van der Waals surface area contributed by atoms with E-state index in [1.807, 2.05) is 36.4 Å². The van der Waals surface area contributed by atoms with Crippen LogP contribution in [0, 0.1) is 0 Å². The van der Waals surface area contributed by atoms with Gasteiger partial charge < -0.3 is 20.2 Å². The first-order chi connectivity index (χ1) is 14.7. The van der Waals surface area contributed by atoms with E-state index in [0.29, 0.717) is 21.9 Å². The summed E-state index contributed by atoms with van der Waals surface area (Å²) in [6.07, 6.45) is 3.84. The second-order valence-corrected chi connectivity index (χ2v) is 8.26. The smallest absolute Gasteiger partial charge is 0.261 e. The largest absolute Gasteiger partial charge is 0.382 e. The minimum absolute atomic E-state index is 0.190. The SMILES string of the molecule is O=c1[nH]c2cc(Cl)ccc2c(NCCN2CCCCC2)c1-c1nc2ccccc2[nH]1. The van der Waals surface area contributed by atoms with E-state index >= 15 is 0 Å². The Kier molecular flexibility index (Phi) is 5.19. The van der Waals surface area contributed by atoms with Crippen LogP contribution in [0.25, 0.3) is 33.3 Å². The number of nitrogens with zero attached hydrogens (tertiary/aromatic N) is 2. The Morgan fingerprint density at radius 2 is 1.87 bits per heavy atom. The lowest BCUT2D eigenvalue weighted by molar-refractivity contribution is 0.237. The first-order valence-electron chi connectivity index (χ1n) is 10.5. The van der Waals surface area contributed by atoms with Gasteiger partial charge in [0, 0.05) is 23.5 Å².